The largest absolute Gasteiger partial charge is 0.461 e. The fourth-order valence-electron chi connectivity index (χ4n) is 2.50. The molecule has 0 bridgehead atoms. The Labute approximate surface area is 162 Å². The Hall–Kier alpha value is -3.29. The Morgan fingerprint density at radius 2 is 1.45 bits per heavy atom. The summed E-state index contributed by atoms with van der Waals surface area (Å²) < 4.78 is 82.7. The number of nitrogens with zero attached hydrogens (tertiary/aromatic N) is 1. The Morgan fingerprint density at radius 1 is 0.793 bits per heavy atom. The third kappa shape index (κ3) is 5.16. The molecule has 3 rings (SSSR count). The molecule has 3 aromatic rings. The van der Waals surface area contributed by atoms with Gasteiger partial charge in [-0.2, -0.15) is 17.6 Å². The van der Waals surface area contributed by atoms with Crippen LogP contribution in [-0.2, 0) is 0 Å². The Balaban J connectivity index is 2.11. The van der Waals surface area contributed by atoms with Gasteiger partial charge < -0.3 is 4.74 Å². The van der Waals surface area contributed by atoms with Gasteiger partial charge in [0, 0.05) is 17.2 Å². The summed E-state index contributed by atoms with van der Waals surface area (Å²) in [4.78, 5) is 4.38. The van der Waals surface area contributed by atoms with Crippen molar-refractivity contribution in [3.05, 3.63) is 95.6 Å². The van der Waals surface area contributed by atoms with Crippen LogP contribution in [0.15, 0.2) is 77.8 Å². The van der Waals surface area contributed by atoms with Gasteiger partial charge in [-0.15, -0.1) is 0 Å². The monoisotopic (exact) mass is 409 g/mol. The molecule has 0 heterocycles. The fraction of sp³-hybridized carbons (Fsp3) is 0.0952. The maximum atomic E-state index is 14.1. The number of halogens is 6. The average Bonchev–Trinajstić information content (AvgIpc) is 2.67. The molecule has 0 aliphatic rings. The molecular weight excluding hydrogens is 396 g/mol. The Morgan fingerprint density at radius 3 is 2.07 bits per heavy atom. The van der Waals surface area contributed by atoms with Gasteiger partial charge in [-0.1, -0.05) is 18.2 Å². The summed E-state index contributed by atoms with van der Waals surface area (Å²) in [6.07, 6.45) is -8.89. The second-order valence-corrected chi connectivity index (χ2v) is 5.94. The van der Waals surface area contributed by atoms with Gasteiger partial charge in [0.15, 0.2) is 0 Å². The summed E-state index contributed by atoms with van der Waals surface area (Å²) in [5, 5.41) is 0. The zero-order valence-electron chi connectivity index (χ0n) is 14.6. The highest BCUT2D eigenvalue weighted by atomic mass is 19.3. The quantitative estimate of drug-likeness (QED) is 0.342. The summed E-state index contributed by atoms with van der Waals surface area (Å²) in [6, 6.07) is 16.0. The van der Waals surface area contributed by atoms with Crippen LogP contribution in [0.3, 0.4) is 0 Å². The topological polar surface area (TPSA) is 21.6 Å². The lowest BCUT2D eigenvalue weighted by molar-refractivity contribution is -0.253. The predicted molar refractivity (Wildman–Crippen MR) is 96.1 cm³/mol. The molecule has 0 radical (unpaired) electrons. The van der Waals surface area contributed by atoms with Crippen molar-refractivity contribution < 1.29 is 31.1 Å². The molecule has 0 fully saturated rings. The molecule has 3 aromatic carbocycles. The minimum absolute atomic E-state index is 0.0134. The molecule has 29 heavy (non-hydrogen) atoms. The first kappa shape index (κ1) is 20.4. The number of para-hydroxylation sites is 1. The maximum absolute atomic E-state index is 14.1. The van der Waals surface area contributed by atoms with Crippen LogP contribution < -0.4 is 4.74 Å². The van der Waals surface area contributed by atoms with E-state index in [9.17, 15) is 26.3 Å². The molecule has 0 atom stereocenters. The number of benzene rings is 3. The summed E-state index contributed by atoms with van der Waals surface area (Å²) in [5.41, 5.74) is 0.908. The zero-order chi connectivity index (χ0) is 21.0. The standard InChI is InChI=1S/C21H13F6NO/c22-15-8-6-13(7-9-15)19(28-17-4-2-1-3-5-17)14-10-16(23)12-18(11-14)29-21(26,27)20(24)25/h1-12,20H. The number of hydrogen-bond acceptors (Lipinski definition) is 2. The number of hydrogen-bond donors (Lipinski definition) is 0. The molecule has 2 nitrogen and oxygen atoms in total. The van der Waals surface area contributed by atoms with E-state index in [1.165, 1.54) is 12.1 Å². The summed E-state index contributed by atoms with van der Waals surface area (Å²) in [6.45, 7) is 0. The van der Waals surface area contributed by atoms with Gasteiger partial charge in [-0.25, -0.2) is 13.8 Å². The fourth-order valence-corrected chi connectivity index (χ4v) is 2.50. The van der Waals surface area contributed by atoms with Crippen molar-refractivity contribution in [1.29, 1.82) is 0 Å². The van der Waals surface area contributed by atoms with Gasteiger partial charge in [0.1, 0.15) is 17.4 Å². The van der Waals surface area contributed by atoms with E-state index in [0.717, 1.165) is 24.3 Å². The molecule has 0 aromatic heterocycles. The van der Waals surface area contributed by atoms with Crippen molar-refractivity contribution in [2.24, 2.45) is 4.99 Å². The van der Waals surface area contributed by atoms with Gasteiger partial charge >= 0.3 is 12.5 Å². The maximum Gasteiger partial charge on any atom is 0.461 e. The van der Waals surface area contributed by atoms with Crippen molar-refractivity contribution in [2.45, 2.75) is 12.5 Å². The van der Waals surface area contributed by atoms with E-state index < -0.39 is 29.9 Å². The minimum atomic E-state index is -4.79. The van der Waals surface area contributed by atoms with Crippen LogP contribution in [0.25, 0.3) is 0 Å². The highest BCUT2D eigenvalue weighted by molar-refractivity contribution is 6.14. The number of alkyl halides is 4. The van der Waals surface area contributed by atoms with Crippen LogP contribution in [0.1, 0.15) is 11.1 Å². The van der Waals surface area contributed by atoms with E-state index in [4.69, 9.17) is 0 Å². The lowest BCUT2D eigenvalue weighted by Gasteiger charge is -2.18. The average molecular weight is 409 g/mol. The van der Waals surface area contributed by atoms with Gasteiger partial charge in [0.2, 0.25) is 0 Å². The van der Waals surface area contributed by atoms with E-state index in [1.54, 1.807) is 30.3 Å². The van der Waals surface area contributed by atoms with Crippen LogP contribution >= 0.6 is 0 Å². The minimum Gasteiger partial charge on any atom is -0.428 e. The van der Waals surface area contributed by atoms with Gasteiger partial charge in [-0.3, -0.25) is 0 Å². The summed E-state index contributed by atoms with van der Waals surface area (Å²) in [7, 11) is 0. The molecule has 0 unspecified atom stereocenters. The van der Waals surface area contributed by atoms with Crippen molar-refractivity contribution >= 4 is 11.4 Å². The SMILES string of the molecule is Fc1ccc(C(=Nc2ccccc2)c2cc(F)cc(OC(F)(F)C(F)F)c2)cc1. The Kier molecular flexibility index (Phi) is 5.91. The van der Waals surface area contributed by atoms with Crippen molar-refractivity contribution in [1.82, 2.24) is 0 Å². The first-order valence-electron chi connectivity index (χ1n) is 8.30. The first-order chi connectivity index (χ1) is 13.7. The first-order valence-corrected chi connectivity index (χ1v) is 8.30. The normalized spacial score (nSPS) is 12.3. The molecular formula is C21H13F6NO. The molecule has 0 amide bonds. The van der Waals surface area contributed by atoms with Crippen LogP contribution in [-0.4, -0.2) is 18.2 Å². The van der Waals surface area contributed by atoms with Crippen molar-refractivity contribution in [3.8, 4) is 5.75 Å². The third-order valence-electron chi connectivity index (χ3n) is 3.77. The van der Waals surface area contributed by atoms with Crippen LogP contribution in [0, 0.1) is 11.6 Å². The smallest absolute Gasteiger partial charge is 0.428 e. The molecule has 150 valence electrons. The number of ether oxygens (including phenoxy) is 1. The molecule has 0 saturated carbocycles. The van der Waals surface area contributed by atoms with Crippen molar-refractivity contribution in [3.63, 3.8) is 0 Å². The van der Waals surface area contributed by atoms with Crippen LogP contribution in [0.2, 0.25) is 0 Å². The van der Waals surface area contributed by atoms with Gasteiger partial charge in [0.05, 0.1) is 11.4 Å². The lowest BCUT2D eigenvalue weighted by Crippen LogP contribution is -2.33. The number of rotatable bonds is 6. The van der Waals surface area contributed by atoms with E-state index in [1.807, 2.05) is 0 Å². The molecule has 0 N–H and O–H groups in total. The van der Waals surface area contributed by atoms with Crippen molar-refractivity contribution in [2.75, 3.05) is 0 Å². The van der Waals surface area contributed by atoms with E-state index in [2.05, 4.69) is 9.73 Å². The van der Waals surface area contributed by atoms with Crippen LogP contribution in [0.5, 0.6) is 5.75 Å². The second-order valence-electron chi connectivity index (χ2n) is 5.94. The molecule has 0 aliphatic heterocycles. The van der Waals surface area contributed by atoms with Crippen LogP contribution in [0.4, 0.5) is 32.0 Å². The second kappa shape index (κ2) is 8.38. The van der Waals surface area contributed by atoms with E-state index in [-0.39, 0.29) is 11.3 Å². The van der Waals surface area contributed by atoms with E-state index in [0.29, 0.717) is 17.3 Å². The molecule has 0 spiro atoms. The van der Waals surface area contributed by atoms with E-state index >= 15 is 0 Å². The lowest BCUT2D eigenvalue weighted by atomic mass is 10.0. The summed E-state index contributed by atoms with van der Waals surface area (Å²) >= 11 is 0. The molecule has 0 aliphatic carbocycles. The predicted octanol–water partition coefficient (Wildman–Crippen LogP) is 6.37. The van der Waals surface area contributed by atoms with Gasteiger partial charge in [0.25, 0.3) is 0 Å². The molecule has 0 saturated heterocycles. The summed E-state index contributed by atoms with van der Waals surface area (Å²) in [5.74, 6) is -2.31. The highest BCUT2D eigenvalue weighted by Gasteiger charge is 2.44. The molecule has 8 heteroatoms. The van der Waals surface area contributed by atoms with Gasteiger partial charge in [-0.05, 0) is 48.5 Å². The number of aliphatic imine (C=N–C) groups is 1. The zero-order valence-corrected chi connectivity index (χ0v) is 14.6. The third-order valence-corrected chi connectivity index (χ3v) is 3.77. The Bertz CT molecular complexity index is 1000. The highest BCUT2D eigenvalue weighted by Crippen LogP contribution is 2.30.